The van der Waals surface area contributed by atoms with E-state index in [2.05, 4.69) is 4.99 Å². The van der Waals surface area contributed by atoms with Crippen molar-refractivity contribution in [1.29, 1.82) is 0 Å². The molecule has 0 saturated carbocycles. The van der Waals surface area contributed by atoms with E-state index in [0.717, 1.165) is 30.0 Å². The monoisotopic (exact) mass is 538 g/mol. The van der Waals surface area contributed by atoms with Crippen LogP contribution in [-0.2, 0) is 20.8 Å². The van der Waals surface area contributed by atoms with Crippen molar-refractivity contribution in [2.75, 3.05) is 23.0 Å². The quantitative estimate of drug-likeness (QED) is 0.561. The SMILES string of the molecule is O=C(COc1ccc(Cl)cc1)N=C1S[C@H]2CS(=O)(=O)C[C@@H]2N1c1cc(C(F)(F)F)ccc1Cl. The molecule has 2 saturated heterocycles. The second-order valence-corrected chi connectivity index (χ2v) is 11.6. The highest BCUT2D eigenvalue weighted by molar-refractivity contribution is 8.16. The largest absolute Gasteiger partial charge is 0.484 e. The topological polar surface area (TPSA) is 76.0 Å². The number of carbonyl (C=O) groups is 1. The van der Waals surface area contributed by atoms with E-state index in [0.29, 0.717) is 10.8 Å². The number of benzene rings is 2. The molecule has 0 aliphatic carbocycles. The number of anilines is 1. The molecule has 176 valence electrons. The number of hydrogen-bond donors (Lipinski definition) is 0. The molecule has 2 fully saturated rings. The molecule has 1 amide bonds. The van der Waals surface area contributed by atoms with Crippen LogP contribution in [0, 0.1) is 0 Å². The van der Waals surface area contributed by atoms with Gasteiger partial charge in [-0.25, -0.2) is 8.42 Å². The van der Waals surface area contributed by atoms with Crippen LogP contribution in [0.3, 0.4) is 0 Å². The van der Waals surface area contributed by atoms with Crippen molar-refractivity contribution >= 4 is 61.6 Å². The normalized spacial score (nSPS) is 23.1. The first kappa shape index (κ1) is 24.2. The second-order valence-electron chi connectivity index (χ2n) is 7.37. The van der Waals surface area contributed by atoms with E-state index in [9.17, 15) is 26.4 Å². The van der Waals surface area contributed by atoms with Crippen LogP contribution in [0.15, 0.2) is 47.5 Å². The summed E-state index contributed by atoms with van der Waals surface area (Å²) in [6.07, 6.45) is -4.63. The van der Waals surface area contributed by atoms with Gasteiger partial charge in [0.25, 0.3) is 5.91 Å². The Morgan fingerprint density at radius 1 is 1.15 bits per heavy atom. The van der Waals surface area contributed by atoms with Crippen LogP contribution in [0.25, 0.3) is 0 Å². The van der Waals surface area contributed by atoms with Gasteiger partial charge in [-0.2, -0.15) is 18.2 Å². The Kier molecular flexibility index (Phi) is 6.60. The van der Waals surface area contributed by atoms with E-state index in [-0.39, 0.29) is 27.4 Å². The number of halogens is 5. The minimum Gasteiger partial charge on any atom is -0.484 e. The molecule has 0 unspecified atom stereocenters. The van der Waals surface area contributed by atoms with Gasteiger partial charge in [0.15, 0.2) is 21.6 Å². The summed E-state index contributed by atoms with van der Waals surface area (Å²) in [4.78, 5) is 17.8. The molecular formula is C20H15Cl2F3N2O4S2. The summed E-state index contributed by atoms with van der Waals surface area (Å²) in [6.45, 7) is -0.427. The molecule has 2 aliphatic rings. The fraction of sp³-hybridized carbons (Fsp3) is 0.300. The number of amidine groups is 1. The Balaban J connectivity index is 1.64. The standard InChI is InChI=1S/C20H15Cl2F3N2O4S2/c21-12-2-4-13(5-3-12)31-8-18(28)26-19-27(16-9-33(29,30)10-17(16)32-19)15-7-11(20(23,24)25)1-6-14(15)22/h1-7,16-17H,8-10H2/t16-,17-/m0/s1. The van der Waals surface area contributed by atoms with Gasteiger partial charge in [0.2, 0.25) is 0 Å². The molecule has 0 bridgehead atoms. The summed E-state index contributed by atoms with van der Waals surface area (Å²) in [5.74, 6) is -0.772. The number of fused-ring (bicyclic) bond motifs is 1. The molecule has 4 rings (SSSR count). The molecule has 2 aliphatic heterocycles. The zero-order valence-corrected chi connectivity index (χ0v) is 19.7. The van der Waals surface area contributed by atoms with Crippen LogP contribution in [0.2, 0.25) is 10.0 Å². The fourth-order valence-corrected chi connectivity index (χ4v) is 7.79. The second kappa shape index (κ2) is 9.01. The van der Waals surface area contributed by atoms with Crippen LogP contribution in [0.5, 0.6) is 5.75 Å². The zero-order valence-electron chi connectivity index (χ0n) is 16.6. The molecule has 0 N–H and O–H groups in total. The van der Waals surface area contributed by atoms with Gasteiger partial charge in [0.1, 0.15) is 5.75 Å². The summed E-state index contributed by atoms with van der Waals surface area (Å²) in [5.41, 5.74) is -1.01. The number of hydrogen-bond acceptors (Lipinski definition) is 5. The van der Waals surface area contributed by atoms with Gasteiger partial charge >= 0.3 is 6.18 Å². The third-order valence-corrected chi connectivity index (χ3v) is 8.78. The maximum atomic E-state index is 13.3. The van der Waals surface area contributed by atoms with E-state index in [4.69, 9.17) is 27.9 Å². The van der Waals surface area contributed by atoms with Gasteiger partial charge in [-0.15, -0.1) is 0 Å². The van der Waals surface area contributed by atoms with Gasteiger partial charge in [-0.3, -0.25) is 4.79 Å². The zero-order chi connectivity index (χ0) is 24.0. The Bertz CT molecular complexity index is 1220. The van der Waals surface area contributed by atoms with E-state index < -0.39 is 45.4 Å². The van der Waals surface area contributed by atoms with Crippen LogP contribution >= 0.6 is 35.0 Å². The summed E-state index contributed by atoms with van der Waals surface area (Å²) in [6, 6.07) is 8.35. The van der Waals surface area contributed by atoms with Crippen molar-refractivity contribution in [3.63, 3.8) is 0 Å². The van der Waals surface area contributed by atoms with Crippen LogP contribution in [-0.4, -0.2) is 48.9 Å². The molecule has 2 atom stereocenters. The molecular weight excluding hydrogens is 524 g/mol. The molecule has 0 spiro atoms. The third-order valence-electron chi connectivity index (χ3n) is 5.00. The number of rotatable bonds is 4. The minimum absolute atomic E-state index is 0.0221. The number of nitrogens with zero attached hydrogens (tertiary/aromatic N) is 2. The Morgan fingerprint density at radius 3 is 2.52 bits per heavy atom. The van der Waals surface area contributed by atoms with Crippen molar-refractivity contribution in [1.82, 2.24) is 0 Å². The molecule has 2 heterocycles. The predicted molar refractivity (Wildman–Crippen MR) is 122 cm³/mol. The van der Waals surface area contributed by atoms with E-state index in [1.54, 1.807) is 24.3 Å². The molecule has 2 aromatic carbocycles. The highest BCUT2D eigenvalue weighted by Crippen LogP contribution is 2.44. The van der Waals surface area contributed by atoms with Gasteiger partial charge in [-0.1, -0.05) is 35.0 Å². The lowest BCUT2D eigenvalue weighted by molar-refractivity contribution is -0.137. The number of carbonyl (C=O) groups excluding carboxylic acids is 1. The third kappa shape index (κ3) is 5.42. The minimum atomic E-state index is -4.63. The van der Waals surface area contributed by atoms with Gasteiger partial charge < -0.3 is 9.64 Å². The van der Waals surface area contributed by atoms with Crippen molar-refractivity contribution in [2.45, 2.75) is 17.5 Å². The van der Waals surface area contributed by atoms with Crippen molar-refractivity contribution in [3.8, 4) is 5.75 Å². The maximum Gasteiger partial charge on any atom is 0.416 e. The van der Waals surface area contributed by atoms with Crippen LogP contribution in [0.4, 0.5) is 18.9 Å². The molecule has 2 aromatic rings. The number of amides is 1. The maximum absolute atomic E-state index is 13.3. The summed E-state index contributed by atoms with van der Waals surface area (Å²) < 4.78 is 69.6. The predicted octanol–water partition coefficient (Wildman–Crippen LogP) is 4.69. The summed E-state index contributed by atoms with van der Waals surface area (Å²) in [5, 5.41) is 0.0488. The van der Waals surface area contributed by atoms with Gasteiger partial charge in [-0.05, 0) is 42.5 Å². The lowest BCUT2D eigenvalue weighted by Crippen LogP contribution is -2.38. The molecule has 0 aromatic heterocycles. The van der Waals surface area contributed by atoms with Crippen molar-refractivity contribution < 1.29 is 31.1 Å². The van der Waals surface area contributed by atoms with E-state index in [1.807, 2.05) is 0 Å². The number of alkyl halides is 3. The average molecular weight is 539 g/mol. The fourth-order valence-electron chi connectivity index (χ4n) is 3.53. The summed E-state index contributed by atoms with van der Waals surface area (Å²) in [7, 11) is -3.40. The van der Waals surface area contributed by atoms with E-state index in [1.165, 1.54) is 4.90 Å². The smallest absolute Gasteiger partial charge is 0.416 e. The van der Waals surface area contributed by atoms with Gasteiger partial charge in [0.05, 0.1) is 33.8 Å². The highest BCUT2D eigenvalue weighted by atomic mass is 35.5. The number of aliphatic imine (C=N–C) groups is 1. The van der Waals surface area contributed by atoms with Crippen molar-refractivity contribution in [2.24, 2.45) is 4.99 Å². The van der Waals surface area contributed by atoms with E-state index >= 15 is 0 Å². The Morgan fingerprint density at radius 2 is 1.85 bits per heavy atom. The first-order chi connectivity index (χ1) is 15.4. The molecule has 33 heavy (non-hydrogen) atoms. The number of thioether (sulfide) groups is 1. The number of sulfone groups is 1. The summed E-state index contributed by atoms with van der Waals surface area (Å²) >= 11 is 13.0. The highest BCUT2D eigenvalue weighted by Gasteiger charge is 2.50. The Hall–Kier alpha value is -1.95. The number of ether oxygens (including phenoxy) is 1. The average Bonchev–Trinajstić information content (AvgIpc) is 3.18. The lowest BCUT2D eigenvalue weighted by atomic mass is 10.1. The molecule has 0 radical (unpaired) electrons. The van der Waals surface area contributed by atoms with Gasteiger partial charge in [0, 0.05) is 10.3 Å². The molecule has 6 nitrogen and oxygen atoms in total. The Labute approximate surface area is 201 Å². The first-order valence-electron chi connectivity index (χ1n) is 9.46. The van der Waals surface area contributed by atoms with Crippen LogP contribution in [0.1, 0.15) is 5.56 Å². The van der Waals surface area contributed by atoms with Crippen LogP contribution < -0.4 is 9.64 Å². The lowest BCUT2D eigenvalue weighted by Gasteiger charge is -2.26. The molecule has 13 heteroatoms. The first-order valence-corrected chi connectivity index (χ1v) is 12.9. The van der Waals surface area contributed by atoms with Crippen molar-refractivity contribution in [3.05, 3.63) is 58.1 Å².